The first-order valence-electron chi connectivity index (χ1n) is 16.6. The zero-order chi connectivity index (χ0) is 44.2. The quantitative estimate of drug-likeness (QED) is 0.121. The van der Waals surface area contributed by atoms with Crippen LogP contribution in [0.15, 0.2) is 74.8 Å². The smallest absolute Gasteiger partial charge is 0.369 e. The molecule has 0 aliphatic carbocycles. The molecule has 1 atom stereocenters. The lowest BCUT2D eigenvalue weighted by Gasteiger charge is -2.35. The molecular weight excluding hydrogens is 808 g/mol. The average molecular weight is 837 g/mol. The van der Waals surface area contributed by atoms with Crippen molar-refractivity contribution in [3.05, 3.63) is 125 Å². The van der Waals surface area contributed by atoms with Crippen LogP contribution in [0.25, 0.3) is 43.9 Å². The van der Waals surface area contributed by atoms with E-state index in [-0.39, 0.29) is 23.1 Å². The molecule has 20 heteroatoms. The Balaban J connectivity index is 1.99. The summed E-state index contributed by atoms with van der Waals surface area (Å²) in [5.74, 6) is 0. The average Bonchev–Trinajstić information content (AvgIpc) is 3.50. The molecule has 2 heterocycles. The predicted molar refractivity (Wildman–Crippen MR) is 187 cm³/mol. The molecule has 3 aromatic carbocycles. The van der Waals surface area contributed by atoms with E-state index in [1.165, 1.54) is 6.92 Å². The van der Waals surface area contributed by atoms with Crippen molar-refractivity contribution in [2.75, 3.05) is 0 Å². The molecule has 0 spiro atoms. The number of nitrogens with zero attached hydrogens (tertiary/aromatic N) is 2. The van der Waals surface area contributed by atoms with Crippen LogP contribution in [0.4, 0.5) is 52.7 Å². The van der Waals surface area contributed by atoms with Gasteiger partial charge in [-0.25, -0.2) is 4.57 Å². The molecule has 2 N–H and O–H groups in total. The van der Waals surface area contributed by atoms with Crippen LogP contribution < -0.4 is 22.2 Å². The summed E-state index contributed by atoms with van der Waals surface area (Å²) < 4.78 is 174. The highest BCUT2D eigenvalue weighted by molar-refractivity contribution is 5.98. The van der Waals surface area contributed by atoms with Gasteiger partial charge >= 0.3 is 24.7 Å². The molecule has 58 heavy (non-hydrogen) atoms. The van der Waals surface area contributed by atoms with Gasteiger partial charge in [0.25, 0.3) is 33.4 Å². The van der Waals surface area contributed by atoms with Gasteiger partial charge in [0.15, 0.2) is 0 Å². The van der Waals surface area contributed by atoms with E-state index in [0.29, 0.717) is 18.2 Å². The van der Waals surface area contributed by atoms with E-state index in [9.17, 15) is 82.1 Å². The fourth-order valence-electron chi connectivity index (χ4n) is 6.86. The topological polar surface area (TPSA) is 119 Å². The highest BCUT2D eigenvalue weighted by Gasteiger charge is 2.73. The maximum absolute atomic E-state index is 14.6. The lowest BCUT2D eigenvalue weighted by atomic mass is 9.80. The van der Waals surface area contributed by atoms with Crippen LogP contribution in [-0.4, -0.2) is 44.1 Å². The van der Waals surface area contributed by atoms with E-state index in [1.807, 2.05) is 0 Å². The molecule has 0 aliphatic rings. The third kappa shape index (κ3) is 6.09. The van der Waals surface area contributed by atoms with Crippen molar-refractivity contribution in [2.45, 2.75) is 76.1 Å². The number of alkyl halides is 12. The van der Waals surface area contributed by atoms with Gasteiger partial charge in [0.2, 0.25) is 0 Å². The number of benzene rings is 3. The Hall–Kier alpha value is -5.50. The summed E-state index contributed by atoms with van der Waals surface area (Å²) in [5.41, 5.74) is -27.3. The molecule has 0 fully saturated rings. The standard InChI is InChI=1S/C38H28F12N2O6/c1-7-15(3)21-9-16(4)19(13-26(21)33(57,35(39,40)41)36(42,43)44)20-14-27(34(58,37(45,46)47)38(48,49)50)28(10-17(20)5)52-31(55)24-11-22-23(12-25(24)32(52)56)30(54)51(29(22)53)18(6)8-2/h7,9-14,18,57-58H,1,3,8H2,2,4-6H3. The first kappa shape index (κ1) is 43.6. The molecule has 0 amide bonds. The Morgan fingerprint density at radius 2 is 1.00 bits per heavy atom. The van der Waals surface area contributed by atoms with Gasteiger partial charge in [-0.1, -0.05) is 32.2 Å². The molecule has 8 nitrogen and oxygen atoms in total. The van der Waals surface area contributed by atoms with E-state index in [0.717, 1.165) is 30.5 Å². The van der Waals surface area contributed by atoms with Crippen LogP contribution in [0.1, 0.15) is 54.1 Å². The molecule has 1 unspecified atom stereocenters. The van der Waals surface area contributed by atoms with Crippen molar-refractivity contribution < 1.29 is 62.9 Å². The van der Waals surface area contributed by atoms with Gasteiger partial charge in [-0.05, 0) is 90.9 Å². The van der Waals surface area contributed by atoms with Crippen LogP contribution in [0.2, 0.25) is 0 Å². The maximum atomic E-state index is 14.6. The van der Waals surface area contributed by atoms with E-state index in [4.69, 9.17) is 0 Å². The summed E-state index contributed by atoms with van der Waals surface area (Å²) in [6.45, 7) is 11.6. The van der Waals surface area contributed by atoms with E-state index in [2.05, 4.69) is 13.2 Å². The van der Waals surface area contributed by atoms with Crippen molar-refractivity contribution in [3.8, 4) is 16.8 Å². The number of rotatable bonds is 8. The fourth-order valence-corrected chi connectivity index (χ4v) is 6.86. The number of fused-ring (bicyclic) bond motifs is 2. The number of aliphatic hydroxyl groups is 2. The SMILES string of the molecule is C=CC(=C)c1cc(C)c(-c2cc(C(O)(C(F)(F)F)C(F)(F)F)c(-n3c(=O)c4cc5c(=O)n(C(C)CC)c(=O)c5cc4c3=O)cc2C)cc1C(O)(C(F)(F)F)C(F)(F)F. The number of aromatic nitrogens is 2. The molecule has 0 radical (unpaired) electrons. The summed E-state index contributed by atoms with van der Waals surface area (Å²) >= 11 is 0. The van der Waals surface area contributed by atoms with Gasteiger partial charge < -0.3 is 10.2 Å². The normalized spacial score (nSPS) is 14.1. The predicted octanol–water partition coefficient (Wildman–Crippen LogP) is 7.98. The molecule has 310 valence electrons. The van der Waals surface area contributed by atoms with Crippen LogP contribution in [-0.2, 0) is 11.2 Å². The Morgan fingerprint density at radius 1 is 0.638 bits per heavy atom. The second kappa shape index (κ2) is 13.5. The zero-order valence-corrected chi connectivity index (χ0v) is 30.2. The number of halogens is 12. The van der Waals surface area contributed by atoms with Crippen molar-refractivity contribution in [2.24, 2.45) is 0 Å². The van der Waals surface area contributed by atoms with Gasteiger partial charge in [0, 0.05) is 17.2 Å². The Labute approximate surface area is 316 Å². The van der Waals surface area contributed by atoms with Gasteiger partial charge in [-0.15, -0.1) is 0 Å². The largest absolute Gasteiger partial charge is 0.430 e. The van der Waals surface area contributed by atoms with Crippen molar-refractivity contribution in [1.29, 1.82) is 0 Å². The molecule has 0 saturated heterocycles. The zero-order valence-electron chi connectivity index (χ0n) is 30.2. The summed E-state index contributed by atoms with van der Waals surface area (Å²) in [4.78, 5) is 53.9. The van der Waals surface area contributed by atoms with Crippen LogP contribution in [0, 0.1) is 13.8 Å². The van der Waals surface area contributed by atoms with E-state index < -0.39 is 136 Å². The summed E-state index contributed by atoms with van der Waals surface area (Å²) in [7, 11) is 0. The third-order valence-corrected chi connectivity index (χ3v) is 10.2. The van der Waals surface area contributed by atoms with Gasteiger partial charge in [0.1, 0.15) is 0 Å². The van der Waals surface area contributed by atoms with Crippen molar-refractivity contribution in [3.63, 3.8) is 0 Å². The van der Waals surface area contributed by atoms with Crippen LogP contribution in [0.5, 0.6) is 0 Å². The second-order valence-electron chi connectivity index (χ2n) is 13.7. The highest BCUT2D eigenvalue weighted by Crippen LogP contribution is 2.55. The molecule has 2 aromatic heterocycles. The molecular formula is C38H28F12N2O6. The highest BCUT2D eigenvalue weighted by atomic mass is 19.4. The number of hydrogen-bond donors (Lipinski definition) is 2. The van der Waals surface area contributed by atoms with Gasteiger partial charge in [-0.3, -0.25) is 23.7 Å². The summed E-state index contributed by atoms with van der Waals surface area (Å²) in [6, 6.07) is 1.65. The van der Waals surface area contributed by atoms with Gasteiger partial charge in [-0.2, -0.15) is 52.7 Å². The van der Waals surface area contributed by atoms with Crippen molar-refractivity contribution in [1.82, 2.24) is 9.13 Å². The minimum atomic E-state index is -6.75. The molecule has 0 bridgehead atoms. The minimum Gasteiger partial charge on any atom is -0.369 e. The maximum Gasteiger partial charge on any atom is 0.430 e. The first-order chi connectivity index (χ1) is 26.3. The van der Waals surface area contributed by atoms with E-state index >= 15 is 0 Å². The Kier molecular flexibility index (Phi) is 10.2. The van der Waals surface area contributed by atoms with Crippen LogP contribution in [0.3, 0.4) is 0 Å². The molecule has 5 aromatic rings. The summed E-state index contributed by atoms with van der Waals surface area (Å²) in [6.07, 6.45) is -25.6. The lowest BCUT2D eigenvalue weighted by Crippen LogP contribution is -2.54. The van der Waals surface area contributed by atoms with E-state index in [1.54, 1.807) is 6.92 Å². The Bertz CT molecular complexity index is 2650. The number of aryl methyl sites for hydroxylation is 2. The molecule has 0 aliphatic heterocycles. The van der Waals surface area contributed by atoms with Crippen LogP contribution >= 0.6 is 0 Å². The second-order valence-corrected chi connectivity index (χ2v) is 13.7. The number of allylic oxidation sites excluding steroid dienone is 2. The first-order valence-corrected chi connectivity index (χ1v) is 16.6. The van der Waals surface area contributed by atoms with Crippen molar-refractivity contribution >= 4 is 27.1 Å². The fraction of sp³-hybridized carbons (Fsp3) is 0.316. The Morgan fingerprint density at radius 3 is 1.38 bits per heavy atom. The number of hydrogen-bond acceptors (Lipinski definition) is 6. The van der Waals surface area contributed by atoms with Gasteiger partial charge in [0.05, 0.1) is 27.2 Å². The summed E-state index contributed by atoms with van der Waals surface area (Å²) in [5, 5.41) is 18.8. The minimum absolute atomic E-state index is 0.0204. The molecule has 0 saturated carbocycles. The monoisotopic (exact) mass is 836 g/mol. The lowest BCUT2D eigenvalue weighted by molar-refractivity contribution is -0.376. The molecule has 5 rings (SSSR count). The third-order valence-electron chi connectivity index (χ3n) is 10.2.